The summed E-state index contributed by atoms with van der Waals surface area (Å²) in [4.78, 5) is 0. The van der Waals surface area contributed by atoms with Crippen molar-refractivity contribution in [1.29, 1.82) is 0 Å². The topological polar surface area (TPSA) is 25.8 Å². The van der Waals surface area contributed by atoms with Crippen LogP contribution in [0.25, 0.3) is 0 Å². The van der Waals surface area contributed by atoms with E-state index in [-0.39, 0.29) is 4.32 Å². The maximum Gasteiger partial charge on any atom is 0.0598 e. The van der Waals surface area contributed by atoms with Crippen molar-refractivity contribution in [2.75, 3.05) is 0 Å². The zero-order valence-electron chi connectivity index (χ0n) is 8.70. The molecule has 1 aromatic rings. The third kappa shape index (κ3) is 0.996. The van der Waals surface area contributed by atoms with E-state index in [4.69, 9.17) is 0 Å². The van der Waals surface area contributed by atoms with Crippen molar-refractivity contribution in [2.24, 2.45) is 0 Å². The largest absolute Gasteiger partial charge is 0.159 e. The minimum absolute atomic E-state index is 0.0695. The molecular weight excluding hydrogens is 252 g/mol. The average Bonchev–Trinajstić information content (AvgIpc) is 2.70. The molecule has 3 rings (SSSR count). The number of hydrogen-bond donors (Lipinski definition) is 0. The minimum Gasteiger partial charge on any atom is -0.159 e. The highest BCUT2D eigenvalue weighted by atomic mass is 79.9. The maximum atomic E-state index is 4.15. The Morgan fingerprint density at radius 1 is 1.33 bits per heavy atom. The molecule has 78 valence electrons. The van der Waals surface area contributed by atoms with Gasteiger partial charge in [-0.3, -0.25) is 0 Å². The molecule has 0 N–H and O–H groups in total. The molecule has 2 aliphatic carbocycles. The zero-order valence-corrected chi connectivity index (χ0v) is 10.3. The van der Waals surface area contributed by atoms with Crippen molar-refractivity contribution in [3.05, 3.63) is 35.7 Å². The summed E-state index contributed by atoms with van der Waals surface area (Å²) in [5.74, 6) is 1.09. The van der Waals surface area contributed by atoms with Gasteiger partial charge >= 0.3 is 0 Å². The fourth-order valence-electron chi connectivity index (χ4n) is 3.28. The van der Waals surface area contributed by atoms with Crippen molar-refractivity contribution < 1.29 is 0 Å². The predicted molar refractivity (Wildman–Crippen MR) is 63.2 cm³/mol. The lowest BCUT2D eigenvalue weighted by atomic mass is 9.89. The highest BCUT2D eigenvalue weighted by Crippen LogP contribution is 2.65. The van der Waals surface area contributed by atoms with Gasteiger partial charge in [-0.25, -0.2) is 0 Å². The second kappa shape index (κ2) is 2.91. The first-order valence-corrected chi connectivity index (χ1v) is 6.10. The number of halogens is 1. The van der Waals surface area contributed by atoms with E-state index in [1.807, 2.05) is 12.4 Å². The number of fused-ring (bicyclic) bond motifs is 5. The maximum absolute atomic E-state index is 4.15. The van der Waals surface area contributed by atoms with Gasteiger partial charge in [0.1, 0.15) is 0 Å². The molecule has 0 aromatic carbocycles. The Morgan fingerprint density at radius 3 is 2.20 bits per heavy atom. The Morgan fingerprint density at radius 2 is 1.80 bits per heavy atom. The second-order valence-electron chi connectivity index (χ2n) is 4.63. The lowest BCUT2D eigenvalue weighted by Crippen LogP contribution is -2.25. The van der Waals surface area contributed by atoms with Gasteiger partial charge in [0.25, 0.3) is 0 Å². The predicted octanol–water partition coefficient (Wildman–Crippen LogP) is 3.16. The van der Waals surface area contributed by atoms with Crippen LogP contribution >= 0.6 is 15.9 Å². The first-order chi connectivity index (χ1) is 7.15. The summed E-state index contributed by atoms with van der Waals surface area (Å²) in [6, 6.07) is 0. The van der Waals surface area contributed by atoms with Crippen molar-refractivity contribution in [1.82, 2.24) is 10.2 Å². The van der Waals surface area contributed by atoms with Gasteiger partial charge in [-0.2, -0.15) is 10.2 Å². The molecule has 2 aliphatic rings. The van der Waals surface area contributed by atoms with Crippen LogP contribution in [0.2, 0.25) is 0 Å². The molecule has 2 atom stereocenters. The van der Waals surface area contributed by atoms with E-state index in [1.165, 1.54) is 29.5 Å². The van der Waals surface area contributed by atoms with Crippen LogP contribution in [0.4, 0.5) is 0 Å². The fourth-order valence-corrected chi connectivity index (χ4v) is 4.23. The van der Waals surface area contributed by atoms with Crippen LogP contribution in [0, 0.1) is 0 Å². The number of nitrogens with zero attached hydrogens (tertiary/aromatic N) is 2. The van der Waals surface area contributed by atoms with E-state index in [1.54, 1.807) is 0 Å². The molecule has 15 heavy (non-hydrogen) atoms. The van der Waals surface area contributed by atoms with Crippen LogP contribution in [-0.4, -0.2) is 14.5 Å². The van der Waals surface area contributed by atoms with E-state index in [2.05, 4.69) is 39.6 Å². The Balaban J connectivity index is 2.20. The van der Waals surface area contributed by atoms with Crippen LogP contribution in [-0.2, 0) is 0 Å². The Kier molecular flexibility index (Phi) is 1.85. The smallest absolute Gasteiger partial charge is 0.0598 e. The summed E-state index contributed by atoms with van der Waals surface area (Å²) in [6.45, 7) is 6.26. The molecule has 0 spiro atoms. The Labute approximate surface area is 97.9 Å². The van der Waals surface area contributed by atoms with Gasteiger partial charge in [0.15, 0.2) is 0 Å². The minimum atomic E-state index is 0.0695. The molecule has 1 heterocycles. The van der Waals surface area contributed by atoms with E-state index in [0.29, 0.717) is 11.8 Å². The molecule has 3 heteroatoms. The van der Waals surface area contributed by atoms with Crippen LogP contribution in [0.1, 0.15) is 42.7 Å². The SMILES string of the molecule is C=C(C)C1(Br)C2CCC1c1cnncc12. The Bertz CT molecular complexity index is 410. The third-order valence-corrected chi connectivity index (χ3v) is 5.74. The average molecular weight is 265 g/mol. The molecule has 2 unspecified atom stereocenters. The standard InChI is InChI=1S/C12H13BrN2/c1-7(2)12(13)10-3-4-11(12)9-6-15-14-5-8(9)10/h5-6,10-11H,1,3-4H2,2H3. The van der Waals surface area contributed by atoms with Crippen molar-refractivity contribution >= 4 is 15.9 Å². The lowest BCUT2D eigenvalue weighted by molar-refractivity contribution is 0.630. The summed E-state index contributed by atoms with van der Waals surface area (Å²) in [5, 5.41) is 8.00. The van der Waals surface area contributed by atoms with Gasteiger partial charge in [-0.05, 0) is 30.9 Å². The summed E-state index contributed by atoms with van der Waals surface area (Å²) in [6.07, 6.45) is 6.33. The first-order valence-electron chi connectivity index (χ1n) is 5.31. The van der Waals surface area contributed by atoms with E-state index in [0.717, 1.165) is 0 Å². The van der Waals surface area contributed by atoms with E-state index >= 15 is 0 Å². The first kappa shape index (κ1) is 9.52. The number of rotatable bonds is 1. The molecule has 2 bridgehead atoms. The van der Waals surface area contributed by atoms with Crippen LogP contribution < -0.4 is 0 Å². The molecule has 1 fully saturated rings. The monoisotopic (exact) mass is 264 g/mol. The van der Waals surface area contributed by atoms with Crippen LogP contribution in [0.3, 0.4) is 0 Å². The van der Waals surface area contributed by atoms with Gasteiger partial charge in [0.05, 0.1) is 16.7 Å². The number of aromatic nitrogens is 2. The number of allylic oxidation sites excluding steroid dienone is 1. The number of hydrogen-bond acceptors (Lipinski definition) is 2. The molecule has 0 aliphatic heterocycles. The summed E-state index contributed by atoms with van der Waals surface area (Å²) in [5.41, 5.74) is 3.98. The van der Waals surface area contributed by atoms with Gasteiger partial charge in [0.2, 0.25) is 0 Å². The van der Waals surface area contributed by atoms with Gasteiger partial charge in [-0.1, -0.05) is 28.1 Å². The second-order valence-corrected chi connectivity index (χ2v) is 5.94. The number of alkyl halides is 1. The zero-order chi connectivity index (χ0) is 10.6. The molecule has 1 saturated carbocycles. The molecule has 1 aromatic heterocycles. The third-order valence-electron chi connectivity index (χ3n) is 3.96. The van der Waals surface area contributed by atoms with Crippen molar-refractivity contribution in [2.45, 2.75) is 35.9 Å². The summed E-state index contributed by atoms with van der Waals surface area (Å²) >= 11 is 3.93. The molecule has 0 radical (unpaired) electrons. The van der Waals surface area contributed by atoms with Crippen LogP contribution in [0.5, 0.6) is 0 Å². The lowest BCUT2D eigenvalue weighted by Gasteiger charge is -2.28. The molecule has 0 saturated heterocycles. The van der Waals surface area contributed by atoms with E-state index in [9.17, 15) is 0 Å². The molecule has 0 amide bonds. The van der Waals surface area contributed by atoms with E-state index < -0.39 is 0 Å². The fraction of sp³-hybridized carbons (Fsp3) is 0.500. The Hall–Kier alpha value is -0.700. The van der Waals surface area contributed by atoms with Crippen molar-refractivity contribution in [3.63, 3.8) is 0 Å². The highest BCUT2D eigenvalue weighted by molar-refractivity contribution is 9.10. The molecular formula is C12H13BrN2. The quantitative estimate of drug-likeness (QED) is 0.575. The molecule has 2 nitrogen and oxygen atoms in total. The van der Waals surface area contributed by atoms with Gasteiger partial charge in [-0.15, -0.1) is 0 Å². The summed E-state index contributed by atoms with van der Waals surface area (Å²) < 4.78 is 0.0695. The highest BCUT2D eigenvalue weighted by Gasteiger charge is 2.56. The van der Waals surface area contributed by atoms with Crippen LogP contribution in [0.15, 0.2) is 24.5 Å². The van der Waals surface area contributed by atoms with Gasteiger partial charge in [0, 0.05) is 11.8 Å². The van der Waals surface area contributed by atoms with Gasteiger partial charge < -0.3 is 0 Å². The van der Waals surface area contributed by atoms with Crippen molar-refractivity contribution in [3.8, 4) is 0 Å². The summed E-state index contributed by atoms with van der Waals surface area (Å²) in [7, 11) is 0. The normalized spacial score (nSPS) is 36.7.